The molecule has 7 rings (SSSR count). The predicted octanol–water partition coefficient (Wildman–Crippen LogP) is 7.48. The summed E-state index contributed by atoms with van der Waals surface area (Å²) in [7, 11) is 4.23. The number of aromatic nitrogens is 2. The highest BCUT2D eigenvalue weighted by molar-refractivity contribution is 6.32. The van der Waals surface area contributed by atoms with Crippen LogP contribution in [-0.2, 0) is 25.9 Å². The molecule has 0 saturated carbocycles. The van der Waals surface area contributed by atoms with E-state index in [9.17, 15) is 9.59 Å². The predicted molar refractivity (Wildman–Crippen MR) is 197 cm³/mol. The molecule has 2 aliphatic heterocycles. The fraction of sp³-hybridized carbons (Fsp3) is 0.308. The number of hydrogen-bond donors (Lipinski definition) is 3. The number of nitrogens with one attached hydrogen (secondary N) is 3. The zero-order chi connectivity index (χ0) is 34.7. The van der Waals surface area contributed by atoms with Gasteiger partial charge >= 0.3 is 0 Å². The van der Waals surface area contributed by atoms with Gasteiger partial charge in [-0.3, -0.25) is 9.59 Å². The van der Waals surface area contributed by atoms with Gasteiger partial charge in [0.2, 0.25) is 0 Å². The average Bonchev–Trinajstić information content (AvgIpc) is 3.44. The number of fused-ring (bicyclic) bond motifs is 3. The number of H-pyrrole nitrogens is 1. The lowest BCUT2D eigenvalue weighted by Crippen LogP contribution is -2.26. The van der Waals surface area contributed by atoms with Crippen LogP contribution in [0.1, 0.15) is 62.6 Å². The van der Waals surface area contributed by atoms with E-state index in [0.717, 1.165) is 67.3 Å². The number of nitrogens with zero attached hydrogens (tertiary/aromatic N) is 3. The van der Waals surface area contributed by atoms with E-state index in [0.29, 0.717) is 21.9 Å². The maximum Gasteiger partial charge on any atom is 0.255 e. The third-order valence-electron chi connectivity index (χ3n) is 8.75. The minimum atomic E-state index is -0.179. The Bertz CT molecular complexity index is 2000. The van der Waals surface area contributed by atoms with Crippen LogP contribution in [0.15, 0.2) is 72.8 Å². The van der Waals surface area contributed by atoms with Gasteiger partial charge in [-0.15, -0.1) is 0 Å². The molecular weight excluding hydrogens is 636 g/mol. The second kappa shape index (κ2) is 14.8. The molecule has 254 valence electrons. The summed E-state index contributed by atoms with van der Waals surface area (Å²) in [5.41, 5.74) is 9.83. The van der Waals surface area contributed by atoms with Crippen LogP contribution in [0.4, 0.5) is 11.4 Å². The number of anilines is 2. The van der Waals surface area contributed by atoms with Crippen LogP contribution in [0.25, 0.3) is 11.0 Å². The fourth-order valence-electron chi connectivity index (χ4n) is 6.23. The van der Waals surface area contributed by atoms with Crippen LogP contribution in [0.5, 0.6) is 5.75 Å². The van der Waals surface area contributed by atoms with Crippen LogP contribution in [0.2, 0.25) is 5.02 Å². The van der Waals surface area contributed by atoms with Gasteiger partial charge < -0.3 is 30.2 Å². The molecule has 0 bridgehead atoms. The van der Waals surface area contributed by atoms with Gasteiger partial charge in [0.05, 0.1) is 22.2 Å². The van der Waals surface area contributed by atoms with E-state index in [1.807, 2.05) is 51.1 Å². The average molecular weight is 679 g/mol. The van der Waals surface area contributed by atoms with Crippen LogP contribution < -0.4 is 15.4 Å². The topological polar surface area (TPSA) is 103 Å². The van der Waals surface area contributed by atoms with Crippen molar-refractivity contribution in [2.45, 2.75) is 52.8 Å². The van der Waals surface area contributed by atoms with Crippen molar-refractivity contribution in [2.24, 2.45) is 0 Å². The Morgan fingerprint density at radius 3 is 1.88 bits per heavy atom. The SMILES string of the molecule is CC(C)Oc1ccc(C(=O)Nc2ccc3c(c2)CN(C)CC3)cc1Cl.Cc1nc2ccc(C(=O)Nc3ccc4c(c3)CN(C)CC4)cc2[nH]1. The van der Waals surface area contributed by atoms with Gasteiger partial charge in [0.15, 0.2) is 0 Å². The van der Waals surface area contributed by atoms with E-state index in [1.165, 1.54) is 22.3 Å². The number of halogens is 1. The quantitative estimate of drug-likeness (QED) is 0.172. The Morgan fingerprint density at radius 2 is 1.33 bits per heavy atom. The Balaban J connectivity index is 0.000000170. The van der Waals surface area contributed by atoms with Crippen LogP contribution >= 0.6 is 11.6 Å². The maximum absolute atomic E-state index is 12.5. The molecule has 0 radical (unpaired) electrons. The Morgan fingerprint density at radius 1 is 0.776 bits per heavy atom. The van der Waals surface area contributed by atoms with Crippen molar-refractivity contribution in [1.82, 2.24) is 19.8 Å². The molecule has 2 aliphatic rings. The van der Waals surface area contributed by atoms with Crippen LogP contribution in [-0.4, -0.2) is 64.9 Å². The van der Waals surface area contributed by atoms with E-state index in [-0.39, 0.29) is 17.9 Å². The minimum absolute atomic E-state index is 0.0332. The summed E-state index contributed by atoms with van der Waals surface area (Å²) < 4.78 is 5.60. The highest BCUT2D eigenvalue weighted by atomic mass is 35.5. The van der Waals surface area contributed by atoms with Crippen LogP contribution in [0.3, 0.4) is 0 Å². The van der Waals surface area contributed by atoms with Gasteiger partial charge in [0.1, 0.15) is 11.6 Å². The van der Waals surface area contributed by atoms with Gasteiger partial charge in [0, 0.05) is 48.7 Å². The summed E-state index contributed by atoms with van der Waals surface area (Å²) in [6.07, 6.45) is 2.15. The summed E-state index contributed by atoms with van der Waals surface area (Å²) in [5.74, 6) is 1.15. The molecule has 0 unspecified atom stereocenters. The zero-order valence-corrected chi connectivity index (χ0v) is 29.4. The van der Waals surface area contributed by atoms with Crippen molar-refractivity contribution in [3.05, 3.63) is 117 Å². The normalized spacial score (nSPS) is 14.4. The molecule has 0 aliphatic carbocycles. The van der Waals surface area contributed by atoms with E-state index in [4.69, 9.17) is 16.3 Å². The van der Waals surface area contributed by atoms with Crippen molar-refractivity contribution in [1.29, 1.82) is 0 Å². The van der Waals surface area contributed by atoms with Crippen molar-refractivity contribution in [3.8, 4) is 5.75 Å². The second-order valence-corrected chi connectivity index (χ2v) is 13.6. The number of carbonyl (C=O) groups excluding carboxylic acids is 2. The number of imidazole rings is 1. The molecule has 0 saturated heterocycles. The summed E-state index contributed by atoms with van der Waals surface area (Å²) in [6, 6.07) is 22.9. The molecule has 3 heterocycles. The highest BCUT2D eigenvalue weighted by Gasteiger charge is 2.17. The van der Waals surface area contributed by atoms with Gasteiger partial charge in [0.25, 0.3) is 11.8 Å². The van der Waals surface area contributed by atoms with E-state index in [2.05, 4.69) is 68.8 Å². The molecule has 49 heavy (non-hydrogen) atoms. The van der Waals surface area contributed by atoms with E-state index in [1.54, 1.807) is 18.2 Å². The largest absolute Gasteiger partial charge is 0.489 e. The molecule has 2 amide bonds. The minimum Gasteiger partial charge on any atom is -0.489 e. The summed E-state index contributed by atoms with van der Waals surface area (Å²) in [4.78, 5) is 37.2. The van der Waals surface area contributed by atoms with Gasteiger partial charge in [-0.05, 0) is 131 Å². The third-order valence-corrected chi connectivity index (χ3v) is 9.05. The first-order chi connectivity index (χ1) is 23.5. The molecule has 9 nitrogen and oxygen atoms in total. The molecule has 4 aromatic carbocycles. The van der Waals surface area contributed by atoms with Crippen molar-refractivity contribution < 1.29 is 14.3 Å². The molecule has 1 aromatic heterocycles. The van der Waals surface area contributed by atoms with Crippen LogP contribution in [0, 0.1) is 6.92 Å². The lowest BCUT2D eigenvalue weighted by Gasteiger charge is -2.25. The molecule has 0 fully saturated rings. The van der Waals surface area contributed by atoms with Gasteiger partial charge in [-0.2, -0.15) is 0 Å². The molecular formula is C39H43ClN6O3. The number of amides is 2. The molecule has 0 spiro atoms. The molecule has 0 atom stereocenters. The third kappa shape index (κ3) is 8.48. The Hall–Kier alpha value is -4.70. The molecule has 3 N–H and O–H groups in total. The second-order valence-electron chi connectivity index (χ2n) is 13.2. The Labute approximate surface area is 292 Å². The van der Waals surface area contributed by atoms with Crippen molar-refractivity contribution in [3.63, 3.8) is 0 Å². The lowest BCUT2D eigenvalue weighted by atomic mass is 9.99. The monoisotopic (exact) mass is 678 g/mol. The first-order valence-electron chi connectivity index (χ1n) is 16.7. The maximum atomic E-state index is 12.5. The number of rotatable bonds is 6. The highest BCUT2D eigenvalue weighted by Crippen LogP contribution is 2.28. The number of carbonyl (C=O) groups is 2. The summed E-state index contributed by atoms with van der Waals surface area (Å²) in [5, 5.41) is 6.39. The smallest absolute Gasteiger partial charge is 0.255 e. The van der Waals surface area contributed by atoms with E-state index < -0.39 is 0 Å². The standard InChI is InChI=1S/C20H23ClN2O2.C19H20N4O/c1-13(2)25-19-7-5-15(11-18(19)21)20(24)22-17-6-4-14-8-9-23(3)12-16(14)10-17;1-12-20-17-6-4-14(10-18(17)21-12)19(24)22-16-5-3-13-7-8-23(2)11-15(13)9-16/h4-7,10-11,13H,8-9,12H2,1-3H3,(H,22,24);3-6,9-10H,7-8,11H2,1-2H3,(H,20,21)(H,22,24). The zero-order valence-electron chi connectivity index (χ0n) is 28.7. The summed E-state index contributed by atoms with van der Waals surface area (Å²) in [6.45, 7) is 9.77. The molecule has 10 heteroatoms. The number of likely N-dealkylation sites (N-methyl/N-ethyl adjacent to an activating group) is 2. The number of hydrogen-bond acceptors (Lipinski definition) is 6. The first kappa shape index (κ1) is 34.2. The first-order valence-corrected chi connectivity index (χ1v) is 17.0. The Kier molecular flexibility index (Phi) is 10.3. The summed E-state index contributed by atoms with van der Waals surface area (Å²) >= 11 is 6.22. The molecule has 5 aromatic rings. The van der Waals surface area contributed by atoms with Crippen molar-refractivity contribution in [2.75, 3.05) is 37.8 Å². The number of aromatic amines is 1. The van der Waals surface area contributed by atoms with Gasteiger partial charge in [-0.25, -0.2) is 4.98 Å². The lowest BCUT2D eigenvalue weighted by molar-refractivity contribution is 0.101. The fourth-order valence-corrected chi connectivity index (χ4v) is 6.45. The number of benzene rings is 4. The van der Waals surface area contributed by atoms with Gasteiger partial charge in [-0.1, -0.05) is 23.7 Å². The number of ether oxygens (including phenoxy) is 1. The van der Waals surface area contributed by atoms with Crippen molar-refractivity contribution >= 4 is 45.8 Å². The number of aryl methyl sites for hydroxylation is 1. The van der Waals surface area contributed by atoms with E-state index >= 15 is 0 Å².